The maximum atomic E-state index is 13.0. The van der Waals surface area contributed by atoms with Gasteiger partial charge in [0.25, 0.3) is 0 Å². The topological polar surface area (TPSA) is 49.4 Å². The van der Waals surface area contributed by atoms with Crippen molar-refractivity contribution in [2.45, 2.75) is 58.0 Å². The molecule has 0 radical (unpaired) electrons. The molecule has 2 rings (SSSR count). The van der Waals surface area contributed by atoms with Crippen LogP contribution >= 0.6 is 11.8 Å². The molecule has 0 fully saturated rings. The van der Waals surface area contributed by atoms with Crippen LogP contribution in [-0.2, 0) is 21.9 Å². The standard InChI is InChI=1S/C24H32N2O2S/c1-4-19(2)25-24(28)20(3)26(17-21-11-7-5-8-12-21)23(27)15-16-29-18-22-13-9-6-10-14-22/h5-14,19-20H,4,15-18H2,1-3H3,(H,25,28)/t19-,20-/m0/s1. The van der Waals surface area contributed by atoms with Gasteiger partial charge in [0.05, 0.1) is 0 Å². The van der Waals surface area contributed by atoms with Crippen molar-refractivity contribution in [3.8, 4) is 0 Å². The molecule has 29 heavy (non-hydrogen) atoms. The van der Waals surface area contributed by atoms with Gasteiger partial charge in [-0.25, -0.2) is 0 Å². The zero-order valence-corrected chi connectivity index (χ0v) is 18.5. The van der Waals surface area contributed by atoms with Crippen LogP contribution in [0.15, 0.2) is 60.7 Å². The smallest absolute Gasteiger partial charge is 0.242 e. The predicted molar refractivity (Wildman–Crippen MR) is 122 cm³/mol. The van der Waals surface area contributed by atoms with Crippen molar-refractivity contribution in [2.75, 3.05) is 5.75 Å². The summed E-state index contributed by atoms with van der Waals surface area (Å²) < 4.78 is 0. The highest BCUT2D eigenvalue weighted by molar-refractivity contribution is 7.98. The van der Waals surface area contributed by atoms with Crippen LogP contribution in [0.2, 0.25) is 0 Å². The number of hydrogen-bond donors (Lipinski definition) is 1. The number of carbonyl (C=O) groups is 2. The minimum absolute atomic E-state index is 0.0150. The molecule has 0 spiro atoms. The monoisotopic (exact) mass is 412 g/mol. The summed E-state index contributed by atoms with van der Waals surface area (Å²) in [5.74, 6) is 1.54. The molecule has 2 aromatic rings. The van der Waals surface area contributed by atoms with Crippen LogP contribution in [0.4, 0.5) is 0 Å². The Hall–Kier alpha value is -2.27. The average Bonchev–Trinajstić information content (AvgIpc) is 2.75. The van der Waals surface area contributed by atoms with Gasteiger partial charge >= 0.3 is 0 Å². The Morgan fingerprint density at radius 1 is 0.966 bits per heavy atom. The highest BCUT2D eigenvalue weighted by atomic mass is 32.2. The molecule has 1 N–H and O–H groups in total. The number of thioether (sulfide) groups is 1. The summed E-state index contributed by atoms with van der Waals surface area (Å²) in [4.78, 5) is 27.4. The molecule has 0 bridgehead atoms. The Kier molecular flexibility index (Phi) is 9.78. The number of nitrogens with one attached hydrogen (secondary N) is 1. The van der Waals surface area contributed by atoms with Gasteiger partial charge < -0.3 is 10.2 Å². The Labute approximate surface area is 179 Å². The van der Waals surface area contributed by atoms with Crippen LogP contribution in [0.25, 0.3) is 0 Å². The lowest BCUT2D eigenvalue weighted by Gasteiger charge is -2.29. The SMILES string of the molecule is CC[C@H](C)NC(=O)[C@H](C)N(Cc1ccccc1)C(=O)CCSCc1ccccc1. The Morgan fingerprint density at radius 3 is 2.14 bits per heavy atom. The molecule has 0 aliphatic carbocycles. The molecule has 0 aliphatic rings. The largest absolute Gasteiger partial charge is 0.352 e. The number of carbonyl (C=O) groups excluding carboxylic acids is 2. The molecule has 0 saturated heterocycles. The fourth-order valence-corrected chi connectivity index (χ4v) is 3.79. The van der Waals surface area contributed by atoms with Gasteiger partial charge in [-0.05, 0) is 31.4 Å². The van der Waals surface area contributed by atoms with E-state index in [1.807, 2.05) is 69.3 Å². The van der Waals surface area contributed by atoms with Crippen molar-refractivity contribution in [3.05, 3.63) is 71.8 Å². The van der Waals surface area contributed by atoms with E-state index in [2.05, 4.69) is 17.4 Å². The third-order valence-corrected chi connectivity index (χ3v) is 5.97. The van der Waals surface area contributed by atoms with E-state index in [0.29, 0.717) is 13.0 Å². The molecule has 2 amide bonds. The van der Waals surface area contributed by atoms with Gasteiger partial charge in [0.2, 0.25) is 11.8 Å². The van der Waals surface area contributed by atoms with E-state index in [0.717, 1.165) is 23.5 Å². The van der Waals surface area contributed by atoms with Crippen molar-refractivity contribution in [3.63, 3.8) is 0 Å². The van der Waals surface area contributed by atoms with Gasteiger partial charge in [-0.1, -0.05) is 67.6 Å². The zero-order chi connectivity index (χ0) is 21.1. The lowest BCUT2D eigenvalue weighted by molar-refractivity contribution is -0.140. The van der Waals surface area contributed by atoms with Crippen molar-refractivity contribution in [1.29, 1.82) is 0 Å². The van der Waals surface area contributed by atoms with Gasteiger partial charge in [-0.3, -0.25) is 9.59 Å². The molecular weight excluding hydrogens is 380 g/mol. The summed E-state index contributed by atoms with van der Waals surface area (Å²) in [5, 5.41) is 3.00. The van der Waals surface area contributed by atoms with Crippen molar-refractivity contribution >= 4 is 23.6 Å². The first-order valence-electron chi connectivity index (χ1n) is 10.3. The maximum Gasteiger partial charge on any atom is 0.242 e. The highest BCUT2D eigenvalue weighted by Gasteiger charge is 2.26. The van der Waals surface area contributed by atoms with Crippen molar-refractivity contribution in [2.24, 2.45) is 0 Å². The fraction of sp³-hybridized carbons (Fsp3) is 0.417. The number of amides is 2. The molecule has 2 atom stereocenters. The molecule has 0 unspecified atom stereocenters. The molecule has 0 heterocycles. The van der Waals surface area contributed by atoms with Crippen LogP contribution in [0.1, 0.15) is 44.7 Å². The summed E-state index contributed by atoms with van der Waals surface area (Å²) in [6, 6.07) is 19.7. The Morgan fingerprint density at radius 2 is 1.55 bits per heavy atom. The lowest BCUT2D eigenvalue weighted by atomic mass is 10.1. The lowest BCUT2D eigenvalue weighted by Crippen LogP contribution is -2.49. The number of hydrogen-bond acceptors (Lipinski definition) is 3. The molecule has 5 heteroatoms. The number of nitrogens with zero attached hydrogens (tertiary/aromatic N) is 1. The van der Waals surface area contributed by atoms with Crippen LogP contribution < -0.4 is 5.32 Å². The highest BCUT2D eigenvalue weighted by Crippen LogP contribution is 2.16. The summed E-state index contributed by atoms with van der Waals surface area (Å²) in [7, 11) is 0. The average molecular weight is 413 g/mol. The summed E-state index contributed by atoms with van der Waals surface area (Å²) >= 11 is 1.74. The van der Waals surface area contributed by atoms with E-state index >= 15 is 0 Å². The first kappa shape index (κ1) is 23.0. The first-order chi connectivity index (χ1) is 14.0. The molecular formula is C24H32N2O2S. The minimum atomic E-state index is -0.504. The molecule has 0 saturated carbocycles. The second-order valence-electron chi connectivity index (χ2n) is 7.29. The second-order valence-corrected chi connectivity index (χ2v) is 8.39. The van der Waals surface area contributed by atoms with Gasteiger partial charge in [0, 0.05) is 30.5 Å². The third kappa shape index (κ3) is 7.94. The van der Waals surface area contributed by atoms with Crippen molar-refractivity contribution < 1.29 is 9.59 Å². The molecule has 0 aliphatic heterocycles. The van der Waals surface area contributed by atoms with Crippen LogP contribution in [-0.4, -0.2) is 34.6 Å². The first-order valence-corrected chi connectivity index (χ1v) is 11.4. The minimum Gasteiger partial charge on any atom is -0.352 e. The predicted octanol–water partition coefficient (Wildman–Crippen LogP) is 4.64. The van der Waals surface area contributed by atoms with E-state index in [4.69, 9.17) is 0 Å². The van der Waals surface area contributed by atoms with E-state index < -0.39 is 6.04 Å². The van der Waals surface area contributed by atoms with E-state index in [1.54, 1.807) is 16.7 Å². The maximum absolute atomic E-state index is 13.0. The number of benzene rings is 2. The Balaban J connectivity index is 1.97. The Bertz CT molecular complexity index is 752. The second kappa shape index (κ2) is 12.3. The van der Waals surface area contributed by atoms with E-state index in [9.17, 15) is 9.59 Å². The van der Waals surface area contributed by atoms with E-state index in [-0.39, 0.29) is 17.9 Å². The fourth-order valence-electron chi connectivity index (χ4n) is 2.90. The zero-order valence-electron chi connectivity index (χ0n) is 17.6. The normalized spacial score (nSPS) is 12.8. The summed E-state index contributed by atoms with van der Waals surface area (Å²) in [6.07, 6.45) is 1.28. The number of rotatable bonds is 11. The molecule has 0 aromatic heterocycles. The van der Waals surface area contributed by atoms with Gasteiger partial charge in [0.15, 0.2) is 0 Å². The molecule has 156 valence electrons. The van der Waals surface area contributed by atoms with Gasteiger partial charge in [-0.15, -0.1) is 0 Å². The summed E-state index contributed by atoms with van der Waals surface area (Å²) in [5.41, 5.74) is 2.29. The van der Waals surface area contributed by atoms with Gasteiger partial charge in [0.1, 0.15) is 6.04 Å². The summed E-state index contributed by atoms with van der Waals surface area (Å²) in [6.45, 7) is 6.27. The van der Waals surface area contributed by atoms with Gasteiger partial charge in [-0.2, -0.15) is 11.8 Å². The quantitative estimate of drug-likeness (QED) is 0.547. The van der Waals surface area contributed by atoms with Crippen molar-refractivity contribution in [1.82, 2.24) is 10.2 Å². The molecule has 2 aromatic carbocycles. The van der Waals surface area contributed by atoms with Crippen LogP contribution in [0.3, 0.4) is 0 Å². The molecule has 4 nitrogen and oxygen atoms in total. The van der Waals surface area contributed by atoms with Crippen LogP contribution in [0.5, 0.6) is 0 Å². The van der Waals surface area contributed by atoms with Crippen LogP contribution in [0, 0.1) is 0 Å². The third-order valence-electron chi connectivity index (χ3n) is 4.94. The van der Waals surface area contributed by atoms with E-state index in [1.165, 1.54) is 5.56 Å².